The summed E-state index contributed by atoms with van der Waals surface area (Å²) >= 11 is 0. The Kier molecular flexibility index (Phi) is 6.28. The molecule has 1 N–H and O–H groups in total. The van der Waals surface area contributed by atoms with E-state index in [9.17, 15) is 14.0 Å². The van der Waals surface area contributed by atoms with Crippen LogP contribution in [0.1, 0.15) is 23.6 Å². The lowest BCUT2D eigenvalue weighted by molar-refractivity contribution is -0.139. The Morgan fingerprint density at radius 1 is 1.08 bits per heavy atom. The summed E-state index contributed by atoms with van der Waals surface area (Å²) in [6, 6.07) is 13.2. The number of carbonyl (C=O) groups excluding carboxylic acids is 2. The molecule has 2 rings (SSSR count). The topological polar surface area (TPSA) is 49.4 Å². The highest BCUT2D eigenvalue weighted by Crippen LogP contribution is 2.16. The smallest absolute Gasteiger partial charge is 0.242 e. The highest BCUT2D eigenvalue weighted by Gasteiger charge is 2.26. The number of benzene rings is 2. The van der Waals surface area contributed by atoms with Crippen LogP contribution in [0, 0.1) is 12.7 Å². The Balaban J connectivity index is 2.27. The fourth-order valence-electron chi connectivity index (χ4n) is 2.67. The van der Waals surface area contributed by atoms with Crippen LogP contribution in [-0.2, 0) is 22.6 Å². The van der Waals surface area contributed by atoms with Gasteiger partial charge in [-0.25, -0.2) is 4.39 Å². The zero-order chi connectivity index (χ0) is 18.4. The van der Waals surface area contributed by atoms with E-state index in [1.165, 1.54) is 18.0 Å². The van der Waals surface area contributed by atoms with Crippen molar-refractivity contribution < 1.29 is 14.0 Å². The summed E-state index contributed by atoms with van der Waals surface area (Å²) in [7, 11) is 1.52. The number of nitrogens with zero attached hydrogens (tertiary/aromatic N) is 1. The van der Waals surface area contributed by atoms with Crippen LogP contribution in [0.3, 0.4) is 0 Å². The molecule has 0 spiro atoms. The first-order valence-electron chi connectivity index (χ1n) is 8.23. The minimum Gasteiger partial charge on any atom is -0.357 e. The number of carbonyl (C=O) groups is 2. The van der Waals surface area contributed by atoms with Gasteiger partial charge in [-0.2, -0.15) is 0 Å². The Bertz CT molecular complexity index is 761. The van der Waals surface area contributed by atoms with Crippen molar-refractivity contribution in [1.29, 1.82) is 0 Å². The average molecular weight is 342 g/mol. The van der Waals surface area contributed by atoms with Gasteiger partial charge in [-0.05, 0) is 31.0 Å². The predicted octanol–water partition coefficient (Wildman–Crippen LogP) is 2.84. The van der Waals surface area contributed by atoms with Gasteiger partial charge < -0.3 is 10.2 Å². The van der Waals surface area contributed by atoms with Crippen LogP contribution >= 0.6 is 0 Å². The van der Waals surface area contributed by atoms with Crippen LogP contribution in [0.2, 0.25) is 0 Å². The van der Waals surface area contributed by atoms with E-state index in [0.717, 1.165) is 11.1 Å². The van der Waals surface area contributed by atoms with E-state index >= 15 is 0 Å². The van der Waals surface area contributed by atoms with Gasteiger partial charge in [0.1, 0.15) is 11.9 Å². The second-order valence-electron chi connectivity index (χ2n) is 6.01. The molecule has 0 bridgehead atoms. The molecule has 0 saturated carbocycles. The van der Waals surface area contributed by atoms with E-state index in [2.05, 4.69) is 5.32 Å². The normalized spacial score (nSPS) is 11.7. The van der Waals surface area contributed by atoms with Gasteiger partial charge in [0.2, 0.25) is 11.8 Å². The maximum Gasteiger partial charge on any atom is 0.242 e. The van der Waals surface area contributed by atoms with Crippen LogP contribution in [0.5, 0.6) is 0 Å². The van der Waals surface area contributed by atoms with Gasteiger partial charge in [-0.15, -0.1) is 0 Å². The highest BCUT2D eigenvalue weighted by molar-refractivity contribution is 5.88. The fourth-order valence-corrected chi connectivity index (χ4v) is 2.67. The zero-order valence-electron chi connectivity index (χ0n) is 14.8. The Morgan fingerprint density at radius 3 is 2.28 bits per heavy atom. The second-order valence-corrected chi connectivity index (χ2v) is 6.01. The second kappa shape index (κ2) is 8.42. The molecule has 25 heavy (non-hydrogen) atoms. The first kappa shape index (κ1) is 18.6. The van der Waals surface area contributed by atoms with E-state index in [0.29, 0.717) is 5.56 Å². The lowest BCUT2D eigenvalue weighted by Gasteiger charge is -2.28. The summed E-state index contributed by atoms with van der Waals surface area (Å²) in [5, 5.41) is 2.55. The molecule has 2 amide bonds. The third-order valence-electron chi connectivity index (χ3n) is 4.32. The Morgan fingerprint density at radius 2 is 1.68 bits per heavy atom. The van der Waals surface area contributed by atoms with Crippen molar-refractivity contribution in [3.8, 4) is 0 Å². The minimum absolute atomic E-state index is 0.0476. The van der Waals surface area contributed by atoms with Crippen LogP contribution < -0.4 is 5.32 Å². The van der Waals surface area contributed by atoms with Crippen molar-refractivity contribution in [2.75, 3.05) is 7.05 Å². The molecule has 0 aromatic heterocycles. The van der Waals surface area contributed by atoms with E-state index in [1.54, 1.807) is 25.1 Å². The van der Waals surface area contributed by atoms with Gasteiger partial charge in [0.25, 0.3) is 0 Å². The van der Waals surface area contributed by atoms with Crippen molar-refractivity contribution in [1.82, 2.24) is 10.2 Å². The number of nitrogens with one attached hydrogen (secondary N) is 1. The SMILES string of the molecule is CNC(=O)C(C)N(Cc1ccccc1F)C(=O)Cc1ccccc1C. The summed E-state index contributed by atoms with van der Waals surface area (Å²) in [6.07, 6.45) is 0.169. The molecular formula is C20H23FN2O2. The van der Waals surface area contributed by atoms with Crippen LogP contribution in [0.25, 0.3) is 0 Å². The van der Waals surface area contributed by atoms with Crippen molar-refractivity contribution in [3.05, 3.63) is 71.0 Å². The number of amides is 2. The summed E-state index contributed by atoms with van der Waals surface area (Å²) in [6.45, 7) is 3.63. The van der Waals surface area contributed by atoms with E-state index < -0.39 is 6.04 Å². The van der Waals surface area contributed by atoms with Gasteiger partial charge in [0, 0.05) is 19.2 Å². The van der Waals surface area contributed by atoms with Gasteiger partial charge in [-0.1, -0.05) is 42.5 Å². The highest BCUT2D eigenvalue weighted by atomic mass is 19.1. The van der Waals surface area contributed by atoms with Gasteiger partial charge in [0.05, 0.1) is 6.42 Å². The Hall–Kier alpha value is -2.69. The maximum atomic E-state index is 14.0. The summed E-state index contributed by atoms with van der Waals surface area (Å²) in [5.74, 6) is -0.886. The molecule has 1 unspecified atom stereocenters. The molecule has 0 radical (unpaired) electrons. The van der Waals surface area contributed by atoms with Crippen molar-refractivity contribution >= 4 is 11.8 Å². The number of hydrogen-bond donors (Lipinski definition) is 1. The summed E-state index contributed by atoms with van der Waals surface area (Å²) < 4.78 is 14.0. The van der Waals surface area contributed by atoms with Crippen molar-refractivity contribution in [2.24, 2.45) is 0 Å². The molecule has 0 saturated heterocycles. The molecule has 0 aliphatic rings. The van der Waals surface area contributed by atoms with Crippen LogP contribution in [0.15, 0.2) is 48.5 Å². The van der Waals surface area contributed by atoms with Gasteiger partial charge in [0.15, 0.2) is 0 Å². The zero-order valence-corrected chi connectivity index (χ0v) is 14.8. The minimum atomic E-state index is -0.693. The molecular weight excluding hydrogens is 319 g/mol. The quantitative estimate of drug-likeness (QED) is 0.878. The molecule has 0 aliphatic carbocycles. The van der Waals surface area contributed by atoms with Gasteiger partial charge >= 0.3 is 0 Å². The third kappa shape index (κ3) is 4.66. The van der Waals surface area contributed by atoms with Crippen molar-refractivity contribution in [2.45, 2.75) is 32.9 Å². The number of halogens is 1. The summed E-state index contributed by atoms with van der Waals surface area (Å²) in [5.41, 5.74) is 2.29. The molecule has 5 heteroatoms. The lowest BCUT2D eigenvalue weighted by Crippen LogP contribution is -2.47. The fraction of sp³-hybridized carbons (Fsp3) is 0.300. The van der Waals surface area contributed by atoms with Gasteiger partial charge in [-0.3, -0.25) is 9.59 Å². The largest absolute Gasteiger partial charge is 0.357 e. The number of likely N-dealkylation sites (N-methyl/N-ethyl adjacent to an activating group) is 1. The molecule has 4 nitrogen and oxygen atoms in total. The first-order chi connectivity index (χ1) is 11.9. The van der Waals surface area contributed by atoms with E-state index in [1.807, 2.05) is 31.2 Å². The maximum absolute atomic E-state index is 14.0. The number of hydrogen-bond acceptors (Lipinski definition) is 2. The average Bonchev–Trinajstić information content (AvgIpc) is 2.61. The molecule has 1 atom stereocenters. The predicted molar refractivity (Wildman–Crippen MR) is 95.4 cm³/mol. The monoisotopic (exact) mass is 342 g/mol. The molecule has 0 aliphatic heterocycles. The molecule has 0 fully saturated rings. The molecule has 2 aromatic carbocycles. The lowest BCUT2D eigenvalue weighted by atomic mass is 10.0. The molecule has 2 aromatic rings. The first-order valence-corrected chi connectivity index (χ1v) is 8.23. The Labute approximate surface area is 147 Å². The standard InChI is InChI=1S/C20H23FN2O2/c1-14-8-4-5-9-16(14)12-19(24)23(15(2)20(25)22-3)13-17-10-6-7-11-18(17)21/h4-11,15H,12-13H2,1-3H3,(H,22,25). The van der Waals surface area contributed by atoms with E-state index in [4.69, 9.17) is 0 Å². The molecule has 132 valence electrons. The third-order valence-corrected chi connectivity index (χ3v) is 4.32. The molecule has 0 heterocycles. The van der Waals surface area contributed by atoms with Crippen LogP contribution in [-0.4, -0.2) is 29.8 Å². The summed E-state index contributed by atoms with van der Waals surface area (Å²) in [4.78, 5) is 26.3. The van der Waals surface area contributed by atoms with Crippen LogP contribution in [0.4, 0.5) is 4.39 Å². The van der Waals surface area contributed by atoms with E-state index in [-0.39, 0.29) is 30.6 Å². The number of rotatable bonds is 6. The number of aryl methyl sites for hydroxylation is 1. The van der Waals surface area contributed by atoms with Crippen molar-refractivity contribution in [3.63, 3.8) is 0 Å².